The third kappa shape index (κ3) is 48.0. The van der Waals surface area contributed by atoms with Crippen molar-refractivity contribution in [2.45, 2.75) is 258 Å². The highest BCUT2D eigenvalue weighted by atomic mass is 16.6. The molecular formula is C55H96O6. The molecule has 1 atom stereocenters. The molecule has 0 aromatic carbocycles. The maximum atomic E-state index is 12.8. The fourth-order valence-electron chi connectivity index (χ4n) is 7.15. The lowest BCUT2D eigenvalue weighted by atomic mass is 10.0. The summed E-state index contributed by atoms with van der Waals surface area (Å²) in [5.74, 6) is -0.922. The van der Waals surface area contributed by atoms with Gasteiger partial charge in [0.15, 0.2) is 6.10 Å². The van der Waals surface area contributed by atoms with Gasteiger partial charge in [0.05, 0.1) is 0 Å². The average Bonchev–Trinajstić information content (AvgIpc) is 3.26. The van der Waals surface area contributed by atoms with E-state index in [9.17, 15) is 14.4 Å². The number of esters is 3. The van der Waals surface area contributed by atoms with Crippen LogP contribution in [-0.4, -0.2) is 37.2 Å². The van der Waals surface area contributed by atoms with Gasteiger partial charge in [-0.25, -0.2) is 0 Å². The van der Waals surface area contributed by atoms with Crippen molar-refractivity contribution in [1.82, 2.24) is 0 Å². The van der Waals surface area contributed by atoms with E-state index >= 15 is 0 Å². The molecule has 6 heteroatoms. The van der Waals surface area contributed by atoms with Gasteiger partial charge in [-0.05, 0) is 70.6 Å². The number of carbonyl (C=O) groups excluding carboxylic acids is 3. The zero-order chi connectivity index (χ0) is 44.4. The number of ether oxygens (including phenoxy) is 3. The van der Waals surface area contributed by atoms with Crippen LogP contribution in [0.25, 0.3) is 0 Å². The Morgan fingerprint density at radius 3 is 1.02 bits per heavy atom. The molecule has 0 radical (unpaired) electrons. The summed E-state index contributed by atoms with van der Waals surface area (Å²) in [6.07, 6.45) is 60.5. The Bertz CT molecular complexity index is 1120. The van der Waals surface area contributed by atoms with Crippen molar-refractivity contribution in [2.75, 3.05) is 13.2 Å². The van der Waals surface area contributed by atoms with Crippen molar-refractivity contribution in [3.05, 3.63) is 60.8 Å². The highest BCUT2D eigenvalue weighted by Gasteiger charge is 2.19. The van der Waals surface area contributed by atoms with Crippen LogP contribution in [0.3, 0.4) is 0 Å². The van der Waals surface area contributed by atoms with Gasteiger partial charge in [0.2, 0.25) is 0 Å². The minimum Gasteiger partial charge on any atom is -0.462 e. The first-order valence-corrected chi connectivity index (χ1v) is 25.8. The predicted octanol–water partition coefficient (Wildman–Crippen LogP) is 16.9. The molecule has 0 bridgehead atoms. The van der Waals surface area contributed by atoms with Crippen LogP contribution in [0.15, 0.2) is 60.8 Å². The van der Waals surface area contributed by atoms with E-state index in [1.807, 2.05) is 0 Å². The summed E-state index contributed by atoms with van der Waals surface area (Å²) in [6, 6.07) is 0. The Morgan fingerprint density at radius 2 is 0.607 bits per heavy atom. The van der Waals surface area contributed by atoms with Crippen molar-refractivity contribution >= 4 is 17.9 Å². The molecule has 0 aliphatic rings. The molecule has 61 heavy (non-hydrogen) atoms. The molecular weight excluding hydrogens is 757 g/mol. The minimum atomic E-state index is -0.789. The smallest absolute Gasteiger partial charge is 0.306 e. The van der Waals surface area contributed by atoms with Crippen molar-refractivity contribution in [3.8, 4) is 0 Å². The molecule has 0 aromatic heterocycles. The topological polar surface area (TPSA) is 78.9 Å². The van der Waals surface area contributed by atoms with Crippen LogP contribution in [0.4, 0.5) is 0 Å². The van der Waals surface area contributed by atoms with E-state index in [2.05, 4.69) is 81.5 Å². The molecule has 0 N–H and O–H groups in total. The number of rotatable bonds is 46. The van der Waals surface area contributed by atoms with Gasteiger partial charge >= 0.3 is 17.9 Å². The normalized spacial score (nSPS) is 12.5. The molecule has 1 unspecified atom stereocenters. The number of hydrogen-bond donors (Lipinski definition) is 0. The van der Waals surface area contributed by atoms with Crippen molar-refractivity contribution in [2.24, 2.45) is 0 Å². The summed E-state index contributed by atoms with van der Waals surface area (Å²) in [5.41, 5.74) is 0. The Morgan fingerprint density at radius 1 is 0.328 bits per heavy atom. The molecule has 0 rings (SSSR count). The van der Waals surface area contributed by atoms with Crippen molar-refractivity contribution in [3.63, 3.8) is 0 Å². The molecule has 0 heterocycles. The largest absolute Gasteiger partial charge is 0.462 e. The van der Waals surface area contributed by atoms with Crippen LogP contribution in [0, 0.1) is 0 Å². The van der Waals surface area contributed by atoms with Gasteiger partial charge in [-0.3, -0.25) is 14.4 Å². The second kappa shape index (κ2) is 49.8. The lowest BCUT2D eigenvalue weighted by molar-refractivity contribution is -0.167. The zero-order valence-electron chi connectivity index (χ0n) is 40.2. The van der Waals surface area contributed by atoms with E-state index in [0.29, 0.717) is 19.3 Å². The molecule has 6 nitrogen and oxygen atoms in total. The molecule has 0 amide bonds. The fourth-order valence-corrected chi connectivity index (χ4v) is 7.15. The maximum Gasteiger partial charge on any atom is 0.306 e. The van der Waals surface area contributed by atoms with Crippen molar-refractivity contribution < 1.29 is 28.6 Å². The van der Waals surface area contributed by atoms with E-state index in [-0.39, 0.29) is 31.1 Å². The Labute approximate surface area is 377 Å². The number of unbranched alkanes of at least 4 members (excludes halogenated alkanes) is 28. The standard InChI is InChI=1S/C55H96O6/c1-4-7-10-13-16-19-22-25-26-27-28-29-31-33-36-39-42-45-48-54(57)60-51-52(50-59-53(56)47-44-41-38-35-32-24-21-18-15-12-9-6-3)61-55(58)49-46-43-40-37-34-30-23-20-17-14-11-8-5-2/h16,19,22,25-30,34,52H,4-15,17-18,20-21,23-24,31-33,35-51H2,1-3H3/b19-16-,25-22-,27-26-,29-28-,34-30-. The van der Waals surface area contributed by atoms with Crippen LogP contribution in [0.5, 0.6) is 0 Å². The molecule has 0 aromatic rings. The second-order valence-corrected chi connectivity index (χ2v) is 17.2. The highest BCUT2D eigenvalue weighted by molar-refractivity contribution is 5.71. The molecule has 0 aliphatic carbocycles. The molecule has 0 saturated carbocycles. The van der Waals surface area contributed by atoms with E-state index in [1.54, 1.807) is 0 Å². The minimum absolute atomic E-state index is 0.0863. The second-order valence-electron chi connectivity index (χ2n) is 17.2. The quantitative estimate of drug-likeness (QED) is 0.0200. The van der Waals surface area contributed by atoms with Gasteiger partial charge in [-0.1, -0.05) is 223 Å². The Kier molecular flexibility index (Phi) is 47.4. The van der Waals surface area contributed by atoms with Crippen LogP contribution >= 0.6 is 0 Å². The predicted molar refractivity (Wildman–Crippen MR) is 261 cm³/mol. The van der Waals surface area contributed by atoms with Gasteiger partial charge in [0.25, 0.3) is 0 Å². The summed E-state index contributed by atoms with van der Waals surface area (Å²) >= 11 is 0. The van der Waals surface area contributed by atoms with Gasteiger partial charge in [0.1, 0.15) is 13.2 Å². The zero-order valence-corrected chi connectivity index (χ0v) is 40.2. The lowest BCUT2D eigenvalue weighted by Gasteiger charge is -2.18. The molecule has 0 fully saturated rings. The first-order valence-electron chi connectivity index (χ1n) is 25.8. The summed E-state index contributed by atoms with van der Waals surface area (Å²) in [5, 5.41) is 0. The van der Waals surface area contributed by atoms with E-state index < -0.39 is 6.10 Å². The van der Waals surface area contributed by atoms with Gasteiger partial charge in [-0.2, -0.15) is 0 Å². The van der Waals surface area contributed by atoms with Gasteiger partial charge in [-0.15, -0.1) is 0 Å². The van der Waals surface area contributed by atoms with Gasteiger partial charge in [0, 0.05) is 19.3 Å². The first kappa shape index (κ1) is 58.1. The number of hydrogen-bond acceptors (Lipinski definition) is 6. The van der Waals surface area contributed by atoms with Crippen molar-refractivity contribution in [1.29, 1.82) is 0 Å². The Hall–Kier alpha value is -2.89. The first-order chi connectivity index (χ1) is 30.0. The summed E-state index contributed by atoms with van der Waals surface area (Å²) < 4.78 is 16.8. The lowest BCUT2D eigenvalue weighted by Crippen LogP contribution is -2.30. The Balaban J connectivity index is 4.43. The molecule has 0 saturated heterocycles. The monoisotopic (exact) mass is 853 g/mol. The van der Waals surface area contributed by atoms with Crippen LogP contribution in [-0.2, 0) is 28.6 Å². The molecule has 0 spiro atoms. The van der Waals surface area contributed by atoms with Crippen LogP contribution in [0.1, 0.15) is 252 Å². The summed E-state index contributed by atoms with van der Waals surface area (Å²) in [7, 11) is 0. The molecule has 352 valence electrons. The summed E-state index contributed by atoms with van der Waals surface area (Å²) in [4.78, 5) is 37.9. The van der Waals surface area contributed by atoms with Crippen LogP contribution in [0.2, 0.25) is 0 Å². The van der Waals surface area contributed by atoms with E-state index in [4.69, 9.17) is 14.2 Å². The average molecular weight is 853 g/mol. The number of allylic oxidation sites excluding steroid dienone is 10. The van der Waals surface area contributed by atoms with Crippen LogP contribution < -0.4 is 0 Å². The SMILES string of the molecule is CCCCC\C=C/C=C\C=C/C=C\CCCCCCCC(=O)OCC(COC(=O)CCCCCCCCCCCCCC)OC(=O)CCCCC/C=C\CCCCCCCC. The number of carbonyl (C=O) groups is 3. The van der Waals surface area contributed by atoms with Gasteiger partial charge < -0.3 is 14.2 Å². The third-order valence-electron chi connectivity index (χ3n) is 11.1. The molecule has 0 aliphatic heterocycles. The fraction of sp³-hybridized carbons (Fsp3) is 0.764. The third-order valence-corrected chi connectivity index (χ3v) is 11.1. The maximum absolute atomic E-state index is 12.8. The summed E-state index contributed by atoms with van der Waals surface area (Å²) in [6.45, 7) is 6.56. The highest BCUT2D eigenvalue weighted by Crippen LogP contribution is 2.14. The van der Waals surface area contributed by atoms with E-state index in [1.165, 1.54) is 116 Å². The van der Waals surface area contributed by atoms with E-state index in [0.717, 1.165) is 96.3 Å².